The van der Waals surface area contributed by atoms with E-state index in [0.717, 1.165) is 0 Å². The Hall–Kier alpha value is -2.09. The second-order valence-corrected chi connectivity index (χ2v) is 2.84. The van der Waals surface area contributed by atoms with Gasteiger partial charge in [0.2, 0.25) is 0 Å². The Balaban J connectivity index is 2.84. The van der Waals surface area contributed by atoms with E-state index in [1.165, 1.54) is 12.3 Å². The average Bonchev–Trinajstić information content (AvgIpc) is 2.21. The van der Waals surface area contributed by atoms with Crippen LogP contribution >= 0.6 is 0 Å². The summed E-state index contributed by atoms with van der Waals surface area (Å²) in [5, 5.41) is 8.59. The molecule has 15 heavy (non-hydrogen) atoms. The van der Waals surface area contributed by atoms with Crippen molar-refractivity contribution in [3.05, 3.63) is 33.7 Å². The first-order chi connectivity index (χ1) is 7.17. The number of carbonyl (C=O) groups is 1. The Labute approximate surface area is 86.3 Å². The monoisotopic (exact) mass is 206 g/mol. The van der Waals surface area contributed by atoms with E-state index in [1.54, 1.807) is 13.0 Å². The number of aromatic amines is 1. The molecule has 0 aliphatic carbocycles. The molecule has 0 fully saturated rings. The van der Waals surface area contributed by atoms with Gasteiger partial charge in [0.15, 0.2) is 0 Å². The standard InChI is InChI=1S/C10H10N2O3/c1-2-15-9(13)4-7-3-8(5-11)10(14)12-6-7/h3,6H,2,4H2,1H3,(H,12,14). The van der Waals surface area contributed by atoms with Crippen LogP contribution < -0.4 is 5.56 Å². The fraction of sp³-hybridized carbons (Fsp3) is 0.300. The third kappa shape index (κ3) is 2.95. The number of ether oxygens (including phenoxy) is 1. The third-order valence-corrected chi connectivity index (χ3v) is 1.74. The molecule has 1 rings (SSSR count). The summed E-state index contributed by atoms with van der Waals surface area (Å²) in [5.41, 5.74) is 0.103. The summed E-state index contributed by atoms with van der Waals surface area (Å²) in [7, 11) is 0. The highest BCUT2D eigenvalue weighted by molar-refractivity contribution is 5.72. The number of nitriles is 1. The summed E-state index contributed by atoms with van der Waals surface area (Å²) in [6, 6.07) is 3.13. The summed E-state index contributed by atoms with van der Waals surface area (Å²) < 4.78 is 4.74. The number of aromatic nitrogens is 1. The van der Waals surface area contributed by atoms with Gasteiger partial charge in [-0.05, 0) is 18.6 Å². The van der Waals surface area contributed by atoms with Crippen molar-refractivity contribution < 1.29 is 9.53 Å². The van der Waals surface area contributed by atoms with Crippen molar-refractivity contribution in [2.45, 2.75) is 13.3 Å². The van der Waals surface area contributed by atoms with Crippen molar-refractivity contribution in [3.63, 3.8) is 0 Å². The molecule has 5 nitrogen and oxygen atoms in total. The minimum Gasteiger partial charge on any atom is -0.466 e. The summed E-state index contributed by atoms with van der Waals surface area (Å²) in [4.78, 5) is 24.5. The van der Waals surface area contributed by atoms with Crippen LogP contribution in [0.5, 0.6) is 0 Å². The highest BCUT2D eigenvalue weighted by Gasteiger charge is 2.06. The number of carbonyl (C=O) groups excluding carboxylic acids is 1. The summed E-state index contributed by atoms with van der Waals surface area (Å²) in [5.74, 6) is -0.381. The van der Waals surface area contributed by atoms with Crippen molar-refractivity contribution in [3.8, 4) is 6.07 Å². The molecule has 0 atom stereocenters. The molecule has 0 spiro atoms. The topological polar surface area (TPSA) is 83.0 Å². The van der Waals surface area contributed by atoms with Crippen LogP contribution in [0.3, 0.4) is 0 Å². The largest absolute Gasteiger partial charge is 0.466 e. The highest BCUT2D eigenvalue weighted by atomic mass is 16.5. The molecule has 0 amide bonds. The van der Waals surface area contributed by atoms with Crippen LogP contribution in [-0.2, 0) is 16.0 Å². The van der Waals surface area contributed by atoms with Crippen LogP contribution in [-0.4, -0.2) is 17.6 Å². The van der Waals surface area contributed by atoms with E-state index in [4.69, 9.17) is 10.00 Å². The first-order valence-corrected chi connectivity index (χ1v) is 4.44. The summed E-state index contributed by atoms with van der Waals surface area (Å²) in [6.45, 7) is 2.03. The van der Waals surface area contributed by atoms with E-state index >= 15 is 0 Å². The van der Waals surface area contributed by atoms with Crippen LogP contribution in [0.1, 0.15) is 18.1 Å². The van der Waals surface area contributed by atoms with Gasteiger partial charge in [0, 0.05) is 6.20 Å². The van der Waals surface area contributed by atoms with Gasteiger partial charge >= 0.3 is 5.97 Å². The SMILES string of the molecule is CCOC(=O)Cc1c[nH]c(=O)c(C#N)c1. The molecule has 1 aromatic heterocycles. The Kier molecular flexibility index (Phi) is 3.63. The van der Waals surface area contributed by atoms with E-state index < -0.39 is 5.56 Å². The molecule has 0 saturated heterocycles. The average molecular weight is 206 g/mol. The molecule has 0 bridgehead atoms. The number of hydrogen-bond donors (Lipinski definition) is 1. The maximum absolute atomic E-state index is 11.1. The van der Waals surface area contributed by atoms with Crippen molar-refractivity contribution in [2.75, 3.05) is 6.61 Å². The van der Waals surface area contributed by atoms with E-state index in [9.17, 15) is 9.59 Å². The second kappa shape index (κ2) is 4.96. The van der Waals surface area contributed by atoms with Gasteiger partial charge in [-0.1, -0.05) is 0 Å². The Morgan fingerprint density at radius 3 is 3.00 bits per heavy atom. The van der Waals surface area contributed by atoms with Crippen molar-refractivity contribution in [1.29, 1.82) is 5.26 Å². The van der Waals surface area contributed by atoms with Crippen LogP contribution in [0, 0.1) is 11.3 Å². The Bertz CT molecular complexity index is 456. The molecule has 1 heterocycles. The number of nitrogens with one attached hydrogen (secondary N) is 1. The lowest BCUT2D eigenvalue weighted by Gasteiger charge is -2.01. The Morgan fingerprint density at radius 2 is 2.40 bits per heavy atom. The first-order valence-electron chi connectivity index (χ1n) is 4.44. The molecular weight excluding hydrogens is 196 g/mol. The highest BCUT2D eigenvalue weighted by Crippen LogP contribution is 2.00. The fourth-order valence-electron chi connectivity index (χ4n) is 1.09. The van der Waals surface area contributed by atoms with Gasteiger partial charge in [0.1, 0.15) is 11.6 Å². The fourth-order valence-corrected chi connectivity index (χ4v) is 1.09. The van der Waals surface area contributed by atoms with Gasteiger partial charge in [0.25, 0.3) is 5.56 Å². The van der Waals surface area contributed by atoms with Gasteiger partial charge < -0.3 is 9.72 Å². The quantitative estimate of drug-likeness (QED) is 0.723. The first kappa shape index (κ1) is 11.0. The molecule has 0 aliphatic heterocycles. The Morgan fingerprint density at radius 1 is 1.67 bits per heavy atom. The molecule has 1 N–H and O–H groups in total. The van der Waals surface area contributed by atoms with E-state index in [2.05, 4.69) is 4.98 Å². The van der Waals surface area contributed by atoms with Crippen LogP contribution in [0.25, 0.3) is 0 Å². The molecular formula is C10H10N2O3. The van der Waals surface area contributed by atoms with E-state index in [1.807, 2.05) is 0 Å². The molecule has 0 unspecified atom stereocenters. The van der Waals surface area contributed by atoms with E-state index in [0.29, 0.717) is 12.2 Å². The molecule has 0 saturated carbocycles. The van der Waals surface area contributed by atoms with Crippen molar-refractivity contribution in [2.24, 2.45) is 0 Å². The van der Waals surface area contributed by atoms with Gasteiger partial charge in [0.05, 0.1) is 13.0 Å². The number of H-pyrrole nitrogens is 1. The van der Waals surface area contributed by atoms with Crippen LogP contribution in [0.4, 0.5) is 0 Å². The number of nitrogens with zero attached hydrogens (tertiary/aromatic N) is 1. The smallest absolute Gasteiger partial charge is 0.310 e. The minimum atomic E-state index is -0.454. The molecule has 0 aliphatic rings. The molecule has 1 aromatic rings. The summed E-state index contributed by atoms with van der Waals surface area (Å²) in [6.07, 6.45) is 1.46. The van der Waals surface area contributed by atoms with Gasteiger partial charge in [-0.15, -0.1) is 0 Å². The lowest BCUT2D eigenvalue weighted by atomic mass is 10.1. The lowest BCUT2D eigenvalue weighted by molar-refractivity contribution is -0.142. The number of pyridine rings is 1. The zero-order chi connectivity index (χ0) is 11.3. The minimum absolute atomic E-state index is 0.00296. The predicted octanol–water partition coefficient (Wildman–Crippen LogP) is 0.352. The van der Waals surface area contributed by atoms with Crippen LogP contribution in [0.15, 0.2) is 17.1 Å². The zero-order valence-corrected chi connectivity index (χ0v) is 8.24. The number of rotatable bonds is 3. The van der Waals surface area contributed by atoms with Crippen LogP contribution in [0.2, 0.25) is 0 Å². The number of esters is 1. The molecule has 78 valence electrons. The van der Waals surface area contributed by atoms with Crippen molar-refractivity contribution >= 4 is 5.97 Å². The molecule has 0 radical (unpaired) electrons. The van der Waals surface area contributed by atoms with Gasteiger partial charge in [-0.2, -0.15) is 5.26 Å². The molecule has 0 aromatic carbocycles. The maximum atomic E-state index is 11.1. The second-order valence-electron chi connectivity index (χ2n) is 2.84. The normalized spacial score (nSPS) is 9.33. The van der Waals surface area contributed by atoms with Gasteiger partial charge in [-0.25, -0.2) is 0 Å². The van der Waals surface area contributed by atoms with Gasteiger partial charge in [-0.3, -0.25) is 9.59 Å². The third-order valence-electron chi connectivity index (χ3n) is 1.74. The maximum Gasteiger partial charge on any atom is 0.310 e. The lowest BCUT2D eigenvalue weighted by Crippen LogP contribution is -2.13. The summed E-state index contributed by atoms with van der Waals surface area (Å²) >= 11 is 0. The number of hydrogen-bond acceptors (Lipinski definition) is 4. The predicted molar refractivity (Wildman–Crippen MR) is 52.1 cm³/mol. The molecule has 5 heteroatoms. The zero-order valence-electron chi connectivity index (χ0n) is 8.24. The van der Waals surface area contributed by atoms with E-state index in [-0.39, 0.29) is 18.0 Å². The van der Waals surface area contributed by atoms with Crippen molar-refractivity contribution in [1.82, 2.24) is 4.98 Å².